The zero-order chi connectivity index (χ0) is 13.7. The number of hydrogen-bond acceptors (Lipinski definition) is 5. The molecule has 0 radical (unpaired) electrons. The number of thiophene rings is 1. The molecular weight excluding hydrogens is 256 g/mol. The van der Waals surface area contributed by atoms with Gasteiger partial charge in [-0.2, -0.15) is 0 Å². The summed E-state index contributed by atoms with van der Waals surface area (Å²) >= 11 is 1.09. The molecule has 0 aromatic carbocycles. The third-order valence-corrected chi connectivity index (χ3v) is 3.56. The fourth-order valence-electron chi connectivity index (χ4n) is 1.57. The Morgan fingerprint density at radius 2 is 2.33 bits per heavy atom. The van der Waals surface area contributed by atoms with Gasteiger partial charge in [-0.3, -0.25) is 19.8 Å². The summed E-state index contributed by atoms with van der Waals surface area (Å²) in [6, 6.07) is 1.54. The van der Waals surface area contributed by atoms with Crippen LogP contribution in [0.2, 0.25) is 0 Å². The lowest BCUT2D eigenvalue weighted by atomic mass is 10.1. The van der Waals surface area contributed by atoms with E-state index in [1.54, 1.807) is 18.4 Å². The molecular formula is C11H16N2O4S. The van der Waals surface area contributed by atoms with Gasteiger partial charge < -0.3 is 5.11 Å². The molecule has 6 nitrogen and oxygen atoms in total. The molecule has 18 heavy (non-hydrogen) atoms. The summed E-state index contributed by atoms with van der Waals surface area (Å²) in [5.74, 6) is -1.27. The molecule has 100 valence electrons. The second-order valence-electron chi connectivity index (χ2n) is 4.12. The van der Waals surface area contributed by atoms with Gasteiger partial charge in [-0.1, -0.05) is 25.2 Å². The molecule has 0 saturated carbocycles. The van der Waals surface area contributed by atoms with Gasteiger partial charge in [0.25, 0.3) is 0 Å². The van der Waals surface area contributed by atoms with Gasteiger partial charge in [-0.15, -0.1) is 0 Å². The van der Waals surface area contributed by atoms with Gasteiger partial charge in [-0.25, -0.2) is 0 Å². The van der Waals surface area contributed by atoms with E-state index in [4.69, 9.17) is 5.11 Å². The van der Waals surface area contributed by atoms with Crippen molar-refractivity contribution in [3.63, 3.8) is 0 Å². The second-order valence-corrected chi connectivity index (χ2v) is 5.01. The van der Waals surface area contributed by atoms with Gasteiger partial charge >= 0.3 is 11.0 Å². The lowest BCUT2D eigenvalue weighted by molar-refractivity contribution is -0.380. The lowest BCUT2D eigenvalue weighted by Crippen LogP contribution is -2.31. The molecule has 0 fully saturated rings. The van der Waals surface area contributed by atoms with Gasteiger partial charge in [0.15, 0.2) is 0 Å². The van der Waals surface area contributed by atoms with Gasteiger partial charge in [0.05, 0.1) is 10.8 Å². The van der Waals surface area contributed by atoms with Gasteiger partial charge in [0, 0.05) is 24.5 Å². The molecule has 1 N–H and O–H groups in total. The summed E-state index contributed by atoms with van der Waals surface area (Å²) in [7, 11) is 0. The Morgan fingerprint density at radius 1 is 1.67 bits per heavy atom. The summed E-state index contributed by atoms with van der Waals surface area (Å²) in [6.45, 7) is 5.28. The van der Waals surface area contributed by atoms with Crippen molar-refractivity contribution in [1.82, 2.24) is 4.90 Å². The Labute approximate surface area is 109 Å². The first-order valence-corrected chi connectivity index (χ1v) is 6.49. The number of carbonyl (C=O) groups is 1. The third-order valence-electron chi connectivity index (χ3n) is 2.63. The summed E-state index contributed by atoms with van der Waals surface area (Å²) < 4.78 is 0. The summed E-state index contributed by atoms with van der Waals surface area (Å²) in [5.41, 5.74) is 0.853. The van der Waals surface area contributed by atoms with Gasteiger partial charge in [0.1, 0.15) is 0 Å². The Bertz CT molecular complexity index is 432. The summed E-state index contributed by atoms with van der Waals surface area (Å²) in [6.07, 6.45) is 0. The van der Waals surface area contributed by atoms with E-state index in [1.807, 2.05) is 11.8 Å². The molecule has 0 saturated heterocycles. The van der Waals surface area contributed by atoms with E-state index in [1.165, 1.54) is 0 Å². The molecule has 0 aliphatic carbocycles. The monoisotopic (exact) mass is 272 g/mol. The van der Waals surface area contributed by atoms with Crippen molar-refractivity contribution in [1.29, 1.82) is 0 Å². The van der Waals surface area contributed by atoms with Crippen molar-refractivity contribution in [2.45, 2.75) is 20.4 Å². The van der Waals surface area contributed by atoms with E-state index in [2.05, 4.69) is 0 Å². The molecule has 7 heteroatoms. The van der Waals surface area contributed by atoms with Crippen LogP contribution in [0.1, 0.15) is 19.4 Å². The van der Waals surface area contributed by atoms with Crippen molar-refractivity contribution in [3.8, 4) is 0 Å². The standard InChI is InChI=1S/C11H16N2O4S/c1-3-12(5-8(2)11(14)15)6-9-4-10(13(16)17)18-7-9/h4,7-8H,3,5-6H2,1-2H3,(H,14,15). The van der Waals surface area contributed by atoms with Crippen molar-refractivity contribution in [2.24, 2.45) is 5.92 Å². The van der Waals surface area contributed by atoms with E-state index in [0.717, 1.165) is 16.9 Å². The SMILES string of the molecule is CCN(Cc1csc([N+](=O)[O-])c1)CC(C)C(=O)O. The van der Waals surface area contributed by atoms with E-state index in [9.17, 15) is 14.9 Å². The molecule has 1 aromatic rings. The Balaban J connectivity index is 2.61. The number of rotatable bonds is 7. The van der Waals surface area contributed by atoms with E-state index < -0.39 is 16.8 Å². The highest BCUT2D eigenvalue weighted by atomic mass is 32.1. The largest absolute Gasteiger partial charge is 0.481 e. The van der Waals surface area contributed by atoms with Crippen LogP contribution in [-0.2, 0) is 11.3 Å². The number of carboxylic acid groups (broad SMARTS) is 1. The van der Waals surface area contributed by atoms with E-state index in [0.29, 0.717) is 19.6 Å². The average Bonchev–Trinajstić information content (AvgIpc) is 2.76. The molecule has 1 rings (SSSR count). The predicted molar refractivity (Wildman–Crippen MR) is 68.7 cm³/mol. The van der Waals surface area contributed by atoms with Crippen LogP contribution >= 0.6 is 11.3 Å². The van der Waals surface area contributed by atoms with Crippen molar-refractivity contribution in [2.75, 3.05) is 13.1 Å². The zero-order valence-corrected chi connectivity index (χ0v) is 11.1. The third kappa shape index (κ3) is 4.08. The zero-order valence-electron chi connectivity index (χ0n) is 10.3. The van der Waals surface area contributed by atoms with Crippen LogP contribution in [0, 0.1) is 16.0 Å². The van der Waals surface area contributed by atoms with Crippen LogP contribution in [0.25, 0.3) is 0 Å². The maximum atomic E-state index is 10.8. The minimum atomic E-state index is -0.829. The maximum Gasteiger partial charge on any atom is 0.324 e. The second kappa shape index (κ2) is 6.46. The van der Waals surface area contributed by atoms with Crippen molar-refractivity contribution < 1.29 is 14.8 Å². The molecule has 1 heterocycles. The van der Waals surface area contributed by atoms with Crippen LogP contribution in [0.5, 0.6) is 0 Å². The van der Waals surface area contributed by atoms with Crippen LogP contribution in [0.3, 0.4) is 0 Å². The summed E-state index contributed by atoms with van der Waals surface area (Å²) in [5, 5.41) is 21.3. The van der Waals surface area contributed by atoms with E-state index in [-0.39, 0.29) is 5.00 Å². The predicted octanol–water partition coefficient (Wildman–Crippen LogP) is 2.20. The molecule has 0 aliphatic rings. The minimum Gasteiger partial charge on any atom is -0.481 e. The maximum absolute atomic E-state index is 10.8. The van der Waals surface area contributed by atoms with Crippen LogP contribution in [0.4, 0.5) is 5.00 Å². The Kier molecular flexibility index (Phi) is 5.24. The highest BCUT2D eigenvalue weighted by Crippen LogP contribution is 2.23. The fraction of sp³-hybridized carbons (Fsp3) is 0.545. The first-order valence-electron chi connectivity index (χ1n) is 5.61. The van der Waals surface area contributed by atoms with Crippen molar-refractivity contribution in [3.05, 3.63) is 27.1 Å². The molecule has 1 unspecified atom stereocenters. The fourth-order valence-corrected chi connectivity index (χ4v) is 2.29. The summed E-state index contributed by atoms with van der Waals surface area (Å²) in [4.78, 5) is 22.9. The van der Waals surface area contributed by atoms with Crippen LogP contribution in [-0.4, -0.2) is 34.0 Å². The highest BCUT2D eigenvalue weighted by Gasteiger charge is 2.17. The molecule has 0 amide bonds. The van der Waals surface area contributed by atoms with E-state index >= 15 is 0 Å². The molecule has 0 aliphatic heterocycles. The Morgan fingerprint density at radius 3 is 2.78 bits per heavy atom. The Hall–Kier alpha value is -1.47. The topological polar surface area (TPSA) is 83.7 Å². The van der Waals surface area contributed by atoms with Gasteiger partial charge in [0.2, 0.25) is 0 Å². The molecule has 0 bridgehead atoms. The van der Waals surface area contributed by atoms with Crippen LogP contribution < -0.4 is 0 Å². The highest BCUT2D eigenvalue weighted by molar-refractivity contribution is 7.13. The van der Waals surface area contributed by atoms with Crippen molar-refractivity contribution >= 4 is 22.3 Å². The molecule has 1 aromatic heterocycles. The first-order chi connectivity index (χ1) is 8.43. The van der Waals surface area contributed by atoms with Gasteiger partial charge in [-0.05, 0) is 12.1 Å². The number of aliphatic carboxylic acids is 1. The molecule has 1 atom stereocenters. The lowest BCUT2D eigenvalue weighted by Gasteiger charge is -2.21. The number of hydrogen-bond donors (Lipinski definition) is 1. The van der Waals surface area contributed by atoms with Crippen LogP contribution in [0.15, 0.2) is 11.4 Å². The molecule has 0 spiro atoms. The minimum absolute atomic E-state index is 0.118. The normalized spacial score (nSPS) is 12.6. The smallest absolute Gasteiger partial charge is 0.324 e. The number of carboxylic acids is 1. The number of nitrogens with zero attached hydrogens (tertiary/aromatic N) is 2. The average molecular weight is 272 g/mol. The first kappa shape index (κ1) is 14.6. The number of nitro groups is 1. The quantitative estimate of drug-likeness (QED) is 0.607.